The van der Waals surface area contributed by atoms with E-state index in [1.54, 1.807) is 40.5 Å². The highest BCUT2D eigenvalue weighted by molar-refractivity contribution is 7.09. The van der Waals surface area contributed by atoms with Gasteiger partial charge in [-0.15, -0.1) is 11.3 Å². The molecule has 1 aliphatic rings. The quantitative estimate of drug-likeness (QED) is 0.847. The number of anilines is 1. The van der Waals surface area contributed by atoms with E-state index in [1.165, 1.54) is 0 Å². The van der Waals surface area contributed by atoms with Crippen molar-refractivity contribution in [2.75, 3.05) is 18.4 Å². The van der Waals surface area contributed by atoms with Crippen molar-refractivity contribution in [1.29, 1.82) is 0 Å². The third-order valence-corrected chi connectivity index (χ3v) is 5.31. The topological polar surface area (TPSA) is 61.4 Å². The van der Waals surface area contributed by atoms with E-state index in [1.807, 2.05) is 17.5 Å². The molecular weight excluding hydrogens is 358 g/mol. The molecule has 0 saturated carbocycles. The van der Waals surface area contributed by atoms with E-state index >= 15 is 0 Å². The number of halogens is 1. The number of benzene rings is 1. The molecule has 3 amide bonds. The summed E-state index contributed by atoms with van der Waals surface area (Å²) in [5.74, 6) is -0.255. The van der Waals surface area contributed by atoms with E-state index in [-0.39, 0.29) is 17.9 Å². The van der Waals surface area contributed by atoms with E-state index in [0.717, 1.165) is 17.7 Å². The summed E-state index contributed by atoms with van der Waals surface area (Å²) in [5.41, 5.74) is 0.716. The number of urea groups is 1. The second kappa shape index (κ2) is 8.36. The number of carbonyl (C=O) groups is 2. The van der Waals surface area contributed by atoms with Gasteiger partial charge in [0.15, 0.2) is 0 Å². The van der Waals surface area contributed by atoms with Crippen LogP contribution in [0.4, 0.5) is 10.5 Å². The molecule has 132 valence electrons. The Hall–Kier alpha value is -2.05. The Morgan fingerprint density at radius 3 is 2.76 bits per heavy atom. The predicted molar refractivity (Wildman–Crippen MR) is 101 cm³/mol. The third kappa shape index (κ3) is 4.96. The molecule has 7 heteroatoms. The monoisotopic (exact) mass is 377 g/mol. The molecule has 1 aromatic heterocycles. The van der Waals surface area contributed by atoms with Gasteiger partial charge in [-0.1, -0.05) is 17.7 Å². The van der Waals surface area contributed by atoms with E-state index in [0.29, 0.717) is 30.3 Å². The summed E-state index contributed by atoms with van der Waals surface area (Å²) >= 11 is 7.47. The summed E-state index contributed by atoms with van der Waals surface area (Å²) in [5, 5.41) is 8.43. The lowest BCUT2D eigenvalue weighted by molar-refractivity contribution is -0.121. The van der Waals surface area contributed by atoms with E-state index in [2.05, 4.69) is 10.6 Å². The Labute approximate surface area is 156 Å². The van der Waals surface area contributed by atoms with E-state index in [9.17, 15) is 9.59 Å². The first-order chi connectivity index (χ1) is 12.1. The Morgan fingerprint density at radius 2 is 2.04 bits per heavy atom. The number of hydrogen-bond donors (Lipinski definition) is 2. The van der Waals surface area contributed by atoms with Gasteiger partial charge in [0, 0.05) is 28.7 Å². The molecule has 1 saturated heterocycles. The van der Waals surface area contributed by atoms with Crippen LogP contribution in [-0.4, -0.2) is 29.9 Å². The maximum atomic E-state index is 12.5. The third-order valence-electron chi connectivity index (χ3n) is 4.19. The zero-order valence-corrected chi connectivity index (χ0v) is 15.3. The predicted octanol–water partition coefficient (Wildman–Crippen LogP) is 3.96. The molecule has 1 unspecified atom stereocenters. The number of thiophene rings is 1. The standard InChI is InChI=1S/C18H20ClN3O2S/c19-14-5-7-15(8-6-14)21-17(23)13-3-1-9-22(12-13)18(24)20-11-16-4-2-10-25-16/h2,4-8,10,13H,1,3,9,11-12H2,(H,20,24)(H,21,23). The molecule has 1 fully saturated rings. The minimum Gasteiger partial charge on any atom is -0.333 e. The van der Waals surface area contributed by atoms with Gasteiger partial charge in [0.1, 0.15) is 0 Å². The number of likely N-dealkylation sites (tertiary alicyclic amines) is 1. The van der Waals surface area contributed by atoms with Crippen LogP contribution in [0.2, 0.25) is 5.02 Å². The van der Waals surface area contributed by atoms with Gasteiger partial charge >= 0.3 is 6.03 Å². The second-order valence-electron chi connectivity index (χ2n) is 6.02. The zero-order chi connectivity index (χ0) is 17.6. The fourth-order valence-electron chi connectivity index (χ4n) is 2.84. The fraction of sp³-hybridized carbons (Fsp3) is 0.333. The number of hydrogen-bond acceptors (Lipinski definition) is 3. The zero-order valence-electron chi connectivity index (χ0n) is 13.7. The van der Waals surface area contributed by atoms with Crippen molar-refractivity contribution in [2.24, 2.45) is 5.92 Å². The summed E-state index contributed by atoms with van der Waals surface area (Å²) in [7, 11) is 0. The Bertz CT molecular complexity index is 718. The largest absolute Gasteiger partial charge is 0.333 e. The average Bonchev–Trinajstić information content (AvgIpc) is 3.15. The summed E-state index contributed by atoms with van der Waals surface area (Å²) in [6.07, 6.45) is 1.61. The molecule has 1 atom stereocenters. The maximum absolute atomic E-state index is 12.5. The molecule has 2 N–H and O–H groups in total. The highest BCUT2D eigenvalue weighted by atomic mass is 35.5. The highest BCUT2D eigenvalue weighted by Crippen LogP contribution is 2.20. The SMILES string of the molecule is O=C(Nc1ccc(Cl)cc1)C1CCCN(C(=O)NCc2cccs2)C1. The van der Waals surface area contributed by atoms with Gasteiger partial charge in [-0.2, -0.15) is 0 Å². The van der Waals surface area contributed by atoms with E-state index < -0.39 is 0 Å². The number of amides is 3. The first-order valence-corrected chi connectivity index (χ1v) is 9.49. The van der Waals surface area contributed by atoms with Crippen LogP contribution in [0.25, 0.3) is 0 Å². The van der Waals surface area contributed by atoms with Crippen LogP contribution < -0.4 is 10.6 Å². The average molecular weight is 378 g/mol. The van der Waals surface area contributed by atoms with Crippen LogP contribution in [0.3, 0.4) is 0 Å². The highest BCUT2D eigenvalue weighted by Gasteiger charge is 2.28. The van der Waals surface area contributed by atoms with Crippen LogP contribution in [0.15, 0.2) is 41.8 Å². The Balaban J connectivity index is 1.52. The second-order valence-corrected chi connectivity index (χ2v) is 7.49. The summed E-state index contributed by atoms with van der Waals surface area (Å²) in [6.45, 7) is 1.64. The van der Waals surface area contributed by atoms with Crippen LogP contribution in [0.5, 0.6) is 0 Å². The van der Waals surface area contributed by atoms with Gasteiger partial charge in [-0.05, 0) is 48.6 Å². The normalized spacial score (nSPS) is 17.2. The van der Waals surface area contributed by atoms with Crippen molar-refractivity contribution >= 4 is 40.6 Å². The molecule has 0 aliphatic carbocycles. The first-order valence-electron chi connectivity index (χ1n) is 8.23. The molecule has 3 rings (SSSR count). The van der Waals surface area contributed by atoms with Gasteiger partial charge in [0.05, 0.1) is 12.5 Å². The first kappa shape index (κ1) is 17.8. The lowest BCUT2D eigenvalue weighted by Gasteiger charge is -2.32. The van der Waals surface area contributed by atoms with Crippen molar-refractivity contribution in [3.05, 3.63) is 51.7 Å². The summed E-state index contributed by atoms with van der Waals surface area (Å²) in [6, 6.07) is 10.9. The molecular formula is C18H20ClN3O2S. The maximum Gasteiger partial charge on any atom is 0.317 e. The minimum atomic E-state index is -0.197. The van der Waals surface area contributed by atoms with Crippen LogP contribution in [0.1, 0.15) is 17.7 Å². The number of nitrogens with zero attached hydrogens (tertiary/aromatic N) is 1. The van der Waals surface area contributed by atoms with Crippen LogP contribution >= 0.6 is 22.9 Å². The molecule has 0 spiro atoms. The summed E-state index contributed by atoms with van der Waals surface area (Å²) in [4.78, 5) is 27.6. The van der Waals surface area contributed by atoms with Crippen molar-refractivity contribution < 1.29 is 9.59 Å². The van der Waals surface area contributed by atoms with Gasteiger partial charge < -0.3 is 15.5 Å². The molecule has 2 heterocycles. The van der Waals surface area contributed by atoms with Crippen molar-refractivity contribution in [1.82, 2.24) is 10.2 Å². The molecule has 5 nitrogen and oxygen atoms in total. The number of rotatable bonds is 4. The number of piperidine rings is 1. The van der Waals surface area contributed by atoms with Crippen molar-refractivity contribution in [3.8, 4) is 0 Å². The molecule has 0 bridgehead atoms. The Morgan fingerprint density at radius 1 is 1.24 bits per heavy atom. The van der Waals surface area contributed by atoms with Crippen LogP contribution in [-0.2, 0) is 11.3 Å². The van der Waals surface area contributed by atoms with Gasteiger partial charge in [-0.3, -0.25) is 4.79 Å². The lowest BCUT2D eigenvalue weighted by Crippen LogP contribution is -2.47. The van der Waals surface area contributed by atoms with E-state index in [4.69, 9.17) is 11.6 Å². The molecule has 2 aromatic rings. The van der Waals surface area contributed by atoms with Gasteiger partial charge in [0.25, 0.3) is 0 Å². The molecule has 1 aromatic carbocycles. The van der Waals surface area contributed by atoms with Gasteiger partial charge in [0.2, 0.25) is 5.91 Å². The smallest absolute Gasteiger partial charge is 0.317 e. The minimum absolute atomic E-state index is 0.0573. The van der Waals surface area contributed by atoms with Crippen molar-refractivity contribution in [3.63, 3.8) is 0 Å². The lowest BCUT2D eigenvalue weighted by atomic mass is 9.97. The Kier molecular flexibility index (Phi) is 5.94. The van der Waals surface area contributed by atoms with Gasteiger partial charge in [-0.25, -0.2) is 4.79 Å². The van der Waals surface area contributed by atoms with Crippen LogP contribution in [0, 0.1) is 5.92 Å². The molecule has 0 radical (unpaired) electrons. The number of nitrogens with one attached hydrogen (secondary N) is 2. The van der Waals surface area contributed by atoms with Crippen molar-refractivity contribution in [2.45, 2.75) is 19.4 Å². The molecule has 1 aliphatic heterocycles. The summed E-state index contributed by atoms with van der Waals surface area (Å²) < 4.78 is 0. The number of carbonyl (C=O) groups excluding carboxylic acids is 2. The fourth-order valence-corrected chi connectivity index (χ4v) is 3.61. The molecule has 25 heavy (non-hydrogen) atoms.